The van der Waals surface area contributed by atoms with Crippen LogP contribution in [0.5, 0.6) is 0 Å². The van der Waals surface area contributed by atoms with Crippen LogP contribution in [0, 0.1) is 5.82 Å². The number of halogens is 2. The van der Waals surface area contributed by atoms with Crippen LogP contribution in [-0.2, 0) is 23.0 Å². The predicted molar refractivity (Wildman–Crippen MR) is 118 cm³/mol. The molecule has 1 N–H and O–H groups in total. The average Bonchev–Trinajstić information content (AvgIpc) is 3.38. The van der Waals surface area contributed by atoms with Gasteiger partial charge in [-0.25, -0.2) is 22.8 Å². The fourth-order valence-electron chi connectivity index (χ4n) is 3.46. The Morgan fingerprint density at radius 2 is 2.10 bits per heavy atom. The Kier molecular flexibility index (Phi) is 4.98. The van der Waals surface area contributed by atoms with Crippen LogP contribution in [-0.4, -0.2) is 29.2 Å². The van der Waals surface area contributed by atoms with Gasteiger partial charge in [-0.3, -0.25) is 0 Å². The number of thiophene rings is 2. The number of aromatic nitrogens is 2. The lowest BCUT2D eigenvalue weighted by Crippen LogP contribution is -2.34. The van der Waals surface area contributed by atoms with Crippen molar-refractivity contribution in [1.29, 1.82) is 0 Å². The van der Waals surface area contributed by atoms with Crippen LogP contribution < -0.4 is 5.32 Å². The number of rotatable bonds is 4. The van der Waals surface area contributed by atoms with E-state index in [-0.39, 0.29) is 12.2 Å². The smallest absolute Gasteiger partial charge is 0.252 e. The maximum Gasteiger partial charge on any atom is 0.252 e. The molecular formula is C19H14ClFN4O2S3. The van der Waals surface area contributed by atoms with Crippen LogP contribution in [0.2, 0.25) is 5.02 Å². The molecule has 5 rings (SSSR count). The first-order valence-corrected chi connectivity index (χ1v) is 12.5. The number of fused-ring (bicyclic) bond motifs is 3. The van der Waals surface area contributed by atoms with E-state index in [1.54, 1.807) is 29.6 Å². The minimum Gasteiger partial charge on any atom is -0.337 e. The molecule has 0 aliphatic carbocycles. The minimum atomic E-state index is -3.52. The van der Waals surface area contributed by atoms with Crippen LogP contribution >= 0.6 is 34.3 Å². The SMILES string of the molecule is O=S(=O)(c1cccs1)N1CCc2c(sc3ncnc(Nc4ccc(Cl)cc4F)c23)C1. The molecule has 1 aliphatic rings. The van der Waals surface area contributed by atoms with Gasteiger partial charge in [-0.15, -0.1) is 22.7 Å². The summed E-state index contributed by atoms with van der Waals surface area (Å²) < 4.78 is 41.9. The fourth-order valence-corrected chi connectivity index (χ4v) is 7.46. The van der Waals surface area contributed by atoms with Gasteiger partial charge in [0, 0.05) is 23.0 Å². The molecule has 154 valence electrons. The Balaban J connectivity index is 1.52. The summed E-state index contributed by atoms with van der Waals surface area (Å²) in [5, 5.41) is 5.91. The van der Waals surface area contributed by atoms with E-state index in [1.165, 1.54) is 39.4 Å². The molecule has 4 aromatic rings. The van der Waals surface area contributed by atoms with Crippen molar-refractivity contribution in [2.75, 3.05) is 11.9 Å². The third-order valence-corrected chi connectivity index (χ3v) is 9.45. The average molecular weight is 481 g/mol. The molecule has 4 heterocycles. The Hall–Kier alpha value is -2.11. The molecule has 0 radical (unpaired) electrons. The van der Waals surface area contributed by atoms with Crippen LogP contribution in [0.15, 0.2) is 46.2 Å². The van der Waals surface area contributed by atoms with E-state index >= 15 is 0 Å². The first-order chi connectivity index (χ1) is 14.4. The van der Waals surface area contributed by atoms with E-state index in [9.17, 15) is 12.8 Å². The van der Waals surface area contributed by atoms with E-state index in [0.717, 1.165) is 20.7 Å². The zero-order valence-corrected chi connectivity index (χ0v) is 18.5. The molecule has 11 heteroatoms. The van der Waals surface area contributed by atoms with Crippen molar-refractivity contribution in [3.8, 4) is 0 Å². The maximum atomic E-state index is 14.3. The topological polar surface area (TPSA) is 75.2 Å². The molecular weight excluding hydrogens is 467 g/mol. The Bertz CT molecular complexity index is 1360. The van der Waals surface area contributed by atoms with Gasteiger partial charge in [0.05, 0.1) is 11.1 Å². The number of hydrogen-bond donors (Lipinski definition) is 1. The van der Waals surface area contributed by atoms with E-state index < -0.39 is 15.8 Å². The summed E-state index contributed by atoms with van der Waals surface area (Å²) in [6.07, 6.45) is 1.95. The number of nitrogens with zero attached hydrogens (tertiary/aromatic N) is 3. The zero-order valence-electron chi connectivity index (χ0n) is 15.3. The molecule has 0 spiro atoms. The number of hydrogen-bond acceptors (Lipinski definition) is 7. The number of nitrogens with one attached hydrogen (secondary N) is 1. The first kappa shape index (κ1) is 19.8. The molecule has 3 aromatic heterocycles. The maximum absolute atomic E-state index is 14.3. The molecule has 0 bridgehead atoms. The van der Waals surface area contributed by atoms with Gasteiger partial charge in [-0.1, -0.05) is 17.7 Å². The van der Waals surface area contributed by atoms with Gasteiger partial charge in [0.15, 0.2) is 0 Å². The lowest BCUT2D eigenvalue weighted by atomic mass is 10.1. The van der Waals surface area contributed by atoms with Crippen molar-refractivity contribution in [2.24, 2.45) is 0 Å². The standard InChI is InChI=1S/C19H14ClFN4O2S3/c20-11-3-4-14(13(21)8-11)24-18-17-12-5-6-25(30(26,27)16-2-1-7-28-16)9-15(12)29-19(17)23-10-22-18/h1-4,7-8,10H,5-6,9H2,(H,22,23,24). The van der Waals surface area contributed by atoms with E-state index in [2.05, 4.69) is 15.3 Å². The van der Waals surface area contributed by atoms with Gasteiger partial charge in [-0.05, 0) is 41.6 Å². The van der Waals surface area contributed by atoms with Crippen molar-refractivity contribution in [3.63, 3.8) is 0 Å². The number of benzene rings is 1. The number of sulfonamides is 1. The second-order valence-corrected chi connectivity index (χ2v) is 11.3. The summed E-state index contributed by atoms with van der Waals surface area (Å²) in [6.45, 7) is 0.647. The lowest BCUT2D eigenvalue weighted by molar-refractivity contribution is 0.397. The van der Waals surface area contributed by atoms with Crippen molar-refractivity contribution >= 4 is 66.0 Å². The Morgan fingerprint density at radius 3 is 2.87 bits per heavy atom. The number of anilines is 2. The van der Waals surface area contributed by atoms with Crippen molar-refractivity contribution in [1.82, 2.24) is 14.3 Å². The molecule has 0 amide bonds. The highest BCUT2D eigenvalue weighted by molar-refractivity contribution is 7.91. The van der Waals surface area contributed by atoms with E-state index in [4.69, 9.17) is 11.6 Å². The molecule has 0 atom stereocenters. The first-order valence-electron chi connectivity index (χ1n) is 8.94. The fraction of sp³-hybridized carbons (Fsp3) is 0.158. The van der Waals surface area contributed by atoms with E-state index in [0.29, 0.717) is 28.0 Å². The quantitative estimate of drug-likeness (QED) is 0.443. The molecule has 0 saturated heterocycles. The highest BCUT2D eigenvalue weighted by Crippen LogP contribution is 2.39. The summed E-state index contributed by atoms with van der Waals surface area (Å²) >= 11 is 8.49. The van der Waals surface area contributed by atoms with Gasteiger partial charge in [0.1, 0.15) is 27.0 Å². The van der Waals surface area contributed by atoms with Crippen molar-refractivity contribution in [2.45, 2.75) is 17.2 Å². The van der Waals surface area contributed by atoms with Gasteiger partial charge in [-0.2, -0.15) is 4.31 Å². The predicted octanol–water partition coefficient (Wildman–Crippen LogP) is 5.04. The van der Waals surface area contributed by atoms with E-state index in [1.807, 2.05) is 0 Å². The molecule has 1 aromatic carbocycles. The van der Waals surface area contributed by atoms with Crippen molar-refractivity contribution < 1.29 is 12.8 Å². The molecule has 0 saturated carbocycles. The molecule has 30 heavy (non-hydrogen) atoms. The van der Waals surface area contributed by atoms with Gasteiger partial charge in [0.25, 0.3) is 10.0 Å². The Labute approximate surface area is 185 Å². The molecule has 1 aliphatic heterocycles. The molecule has 0 fully saturated rings. The van der Waals surface area contributed by atoms with Crippen LogP contribution in [0.4, 0.5) is 15.9 Å². The Morgan fingerprint density at radius 1 is 1.23 bits per heavy atom. The van der Waals surface area contributed by atoms with Gasteiger partial charge >= 0.3 is 0 Å². The van der Waals surface area contributed by atoms with Crippen molar-refractivity contribution in [3.05, 3.63) is 63.3 Å². The summed E-state index contributed by atoms with van der Waals surface area (Å²) in [6, 6.07) is 7.74. The summed E-state index contributed by atoms with van der Waals surface area (Å²) in [5.74, 6) is 0.0138. The highest BCUT2D eigenvalue weighted by Gasteiger charge is 2.32. The monoisotopic (exact) mass is 480 g/mol. The highest BCUT2D eigenvalue weighted by atomic mass is 35.5. The van der Waals surface area contributed by atoms with Crippen LogP contribution in [0.25, 0.3) is 10.2 Å². The summed E-state index contributed by atoms with van der Waals surface area (Å²) in [5.41, 5.74) is 1.27. The van der Waals surface area contributed by atoms with Gasteiger partial charge in [0.2, 0.25) is 0 Å². The normalized spacial score (nSPS) is 14.7. The van der Waals surface area contributed by atoms with Crippen LogP contribution in [0.3, 0.4) is 0 Å². The summed E-state index contributed by atoms with van der Waals surface area (Å²) in [4.78, 5) is 10.3. The van der Waals surface area contributed by atoms with Gasteiger partial charge < -0.3 is 5.32 Å². The largest absolute Gasteiger partial charge is 0.337 e. The molecule has 6 nitrogen and oxygen atoms in total. The zero-order chi connectivity index (χ0) is 20.9. The summed E-state index contributed by atoms with van der Waals surface area (Å²) in [7, 11) is -3.52. The second-order valence-electron chi connectivity index (χ2n) is 6.68. The second kappa shape index (κ2) is 7.54. The van der Waals surface area contributed by atoms with Crippen LogP contribution in [0.1, 0.15) is 10.4 Å². The molecule has 0 unspecified atom stereocenters. The minimum absolute atomic E-state index is 0.261. The third-order valence-electron chi connectivity index (χ3n) is 4.88. The lowest BCUT2D eigenvalue weighted by Gasteiger charge is -2.25. The third kappa shape index (κ3) is 3.38.